The Morgan fingerprint density at radius 3 is 2.32 bits per heavy atom. The second-order valence-electron chi connectivity index (χ2n) is 8.30. The topological polar surface area (TPSA) is 99.4 Å². The summed E-state index contributed by atoms with van der Waals surface area (Å²) >= 11 is 6.25. The number of hydrogen-bond acceptors (Lipinski definition) is 7. The van der Waals surface area contributed by atoms with Crippen molar-refractivity contribution in [3.63, 3.8) is 0 Å². The maximum Gasteiger partial charge on any atom is 0.265 e. The van der Waals surface area contributed by atoms with Crippen molar-refractivity contribution >= 4 is 27.3 Å². The number of aryl methyl sites for hydroxylation is 1. The molecule has 0 amide bonds. The summed E-state index contributed by atoms with van der Waals surface area (Å²) in [6.45, 7) is 1.60. The lowest BCUT2D eigenvalue weighted by Crippen LogP contribution is -2.36. The van der Waals surface area contributed by atoms with Gasteiger partial charge in [-0.1, -0.05) is 17.7 Å². The van der Waals surface area contributed by atoms with Crippen LogP contribution in [0.3, 0.4) is 0 Å². The molecule has 0 aliphatic heterocycles. The molecule has 0 bridgehead atoms. The third-order valence-electron chi connectivity index (χ3n) is 6.00. The standard InChI is InChI=1S/C25H24ClF2N5O4S/c1-15(25-29-30-31-32(25)2)33(38(34,35)18-9-11-23(36-3)24(14-18)37-4)22-10-8-17(26)12-16(22)13-19-20(27)6-5-7-21(19)28/h5-12,14-15H,13H2,1-4H3. The van der Waals surface area contributed by atoms with Crippen molar-refractivity contribution < 1.29 is 26.7 Å². The van der Waals surface area contributed by atoms with Crippen molar-refractivity contribution in [3.05, 3.63) is 88.2 Å². The Labute approximate surface area is 223 Å². The number of sulfonamides is 1. The predicted molar refractivity (Wildman–Crippen MR) is 137 cm³/mol. The molecule has 0 saturated carbocycles. The molecule has 0 radical (unpaired) electrons. The maximum absolute atomic E-state index is 14.6. The molecule has 1 atom stereocenters. The summed E-state index contributed by atoms with van der Waals surface area (Å²) in [6, 6.07) is 11.2. The van der Waals surface area contributed by atoms with E-state index in [0.29, 0.717) is 5.75 Å². The monoisotopic (exact) mass is 563 g/mol. The molecule has 0 aliphatic rings. The minimum absolute atomic E-state index is 0.116. The number of hydrogen-bond donors (Lipinski definition) is 0. The molecule has 13 heteroatoms. The summed E-state index contributed by atoms with van der Waals surface area (Å²) in [6.07, 6.45) is -0.268. The minimum atomic E-state index is -4.34. The number of nitrogens with zero attached hydrogens (tertiary/aromatic N) is 5. The van der Waals surface area contributed by atoms with Crippen LogP contribution in [-0.2, 0) is 23.5 Å². The average Bonchev–Trinajstić information content (AvgIpc) is 3.32. The minimum Gasteiger partial charge on any atom is -0.493 e. The molecular weight excluding hydrogens is 540 g/mol. The molecule has 0 aliphatic carbocycles. The molecule has 1 unspecified atom stereocenters. The molecule has 38 heavy (non-hydrogen) atoms. The van der Waals surface area contributed by atoms with Gasteiger partial charge in [-0.3, -0.25) is 4.31 Å². The lowest BCUT2D eigenvalue weighted by atomic mass is 10.0. The summed E-state index contributed by atoms with van der Waals surface area (Å²) in [5, 5.41) is 11.7. The zero-order valence-electron chi connectivity index (χ0n) is 20.9. The van der Waals surface area contributed by atoms with Crippen molar-refractivity contribution in [2.75, 3.05) is 18.5 Å². The molecular formula is C25H24ClF2N5O4S. The molecule has 1 aromatic heterocycles. The van der Waals surface area contributed by atoms with Crippen LogP contribution in [0.4, 0.5) is 14.5 Å². The number of aromatic nitrogens is 4. The molecule has 0 fully saturated rings. The molecule has 4 aromatic rings. The third kappa shape index (κ3) is 5.14. The van der Waals surface area contributed by atoms with E-state index in [1.807, 2.05) is 0 Å². The fraction of sp³-hybridized carbons (Fsp3) is 0.240. The van der Waals surface area contributed by atoms with Crippen LogP contribution in [0.5, 0.6) is 11.5 Å². The highest BCUT2D eigenvalue weighted by atomic mass is 35.5. The fourth-order valence-electron chi connectivity index (χ4n) is 4.13. The quantitative estimate of drug-likeness (QED) is 0.291. The van der Waals surface area contributed by atoms with E-state index in [9.17, 15) is 17.2 Å². The first-order valence-electron chi connectivity index (χ1n) is 11.3. The van der Waals surface area contributed by atoms with Gasteiger partial charge >= 0.3 is 0 Å². The van der Waals surface area contributed by atoms with Gasteiger partial charge < -0.3 is 9.47 Å². The number of anilines is 1. The van der Waals surface area contributed by atoms with Crippen LogP contribution < -0.4 is 13.8 Å². The number of tetrazole rings is 1. The number of ether oxygens (including phenoxy) is 2. The Bertz CT molecular complexity index is 1560. The number of methoxy groups -OCH3 is 2. The van der Waals surface area contributed by atoms with E-state index in [1.54, 1.807) is 14.0 Å². The van der Waals surface area contributed by atoms with Crippen LogP contribution in [0, 0.1) is 11.6 Å². The molecule has 9 nitrogen and oxygen atoms in total. The van der Waals surface area contributed by atoms with Crippen molar-refractivity contribution in [1.29, 1.82) is 0 Å². The highest BCUT2D eigenvalue weighted by molar-refractivity contribution is 7.92. The Kier molecular flexibility index (Phi) is 7.83. The van der Waals surface area contributed by atoms with Gasteiger partial charge in [-0.25, -0.2) is 21.9 Å². The normalized spacial score (nSPS) is 12.3. The van der Waals surface area contributed by atoms with Crippen LogP contribution in [0.15, 0.2) is 59.5 Å². The Balaban J connectivity index is 1.95. The Morgan fingerprint density at radius 1 is 1.03 bits per heavy atom. The predicted octanol–water partition coefficient (Wildman–Crippen LogP) is 4.71. The third-order valence-corrected chi connectivity index (χ3v) is 8.11. The van der Waals surface area contributed by atoms with Gasteiger partial charge in [0.1, 0.15) is 17.7 Å². The van der Waals surface area contributed by atoms with Gasteiger partial charge in [-0.05, 0) is 65.4 Å². The van der Waals surface area contributed by atoms with Crippen molar-refractivity contribution in [3.8, 4) is 11.5 Å². The number of benzene rings is 3. The molecule has 200 valence electrons. The van der Waals surface area contributed by atoms with Gasteiger partial charge in [0.05, 0.1) is 24.8 Å². The molecule has 0 N–H and O–H groups in total. The fourth-order valence-corrected chi connectivity index (χ4v) is 6.00. The summed E-state index contributed by atoms with van der Waals surface area (Å²) in [7, 11) is 0.0535. The Hall–Kier alpha value is -3.77. The van der Waals surface area contributed by atoms with Crippen molar-refractivity contribution in [1.82, 2.24) is 20.2 Å². The summed E-state index contributed by atoms with van der Waals surface area (Å²) in [5.41, 5.74) is 0.183. The van der Waals surface area contributed by atoms with E-state index < -0.39 is 27.7 Å². The molecule has 4 rings (SSSR count). The van der Waals surface area contributed by atoms with E-state index in [0.717, 1.165) is 16.4 Å². The molecule has 0 spiro atoms. The van der Waals surface area contributed by atoms with Crippen LogP contribution in [-0.4, -0.2) is 42.8 Å². The van der Waals surface area contributed by atoms with Gasteiger partial charge in [-0.2, -0.15) is 0 Å². The van der Waals surface area contributed by atoms with E-state index in [2.05, 4.69) is 15.5 Å². The van der Waals surface area contributed by atoms with Crippen LogP contribution >= 0.6 is 11.6 Å². The zero-order valence-corrected chi connectivity index (χ0v) is 22.5. The molecule has 1 heterocycles. The first-order valence-corrected chi connectivity index (χ1v) is 13.1. The van der Waals surface area contributed by atoms with E-state index in [1.165, 1.54) is 61.4 Å². The van der Waals surface area contributed by atoms with E-state index in [4.69, 9.17) is 21.1 Å². The summed E-state index contributed by atoms with van der Waals surface area (Å²) < 4.78 is 70.7. The number of rotatable bonds is 9. The Morgan fingerprint density at radius 2 is 1.71 bits per heavy atom. The largest absolute Gasteiger partial charge is 0.493 e. The second kappa shape index (κ2) is 10.9. The lowest BCUT2D eigenvalue weighted by Gasteiger charge is -2.31. The maximum atomic E-state index is 14.6. The zero-order chi connectivity index (χ0) is 27.6. The highest BCUT2D eigenvalue weighted by Gasteiger charge is 2.35. The van der Waals surface area contributed by atoms with E-state index >= 15 is 0 Å². The number of halogens is 3. The first kappa shape index (κ1) is 27.3. The first-order chi connectivity index (χ1) is 18.1. The van der Waals surface area contributed by atoms with Gasteiger partial charge in [0.25, 0.3) is 10.0 Å². The van der Waals surface area contributed by atoms with Gasteiger partial charge in [0, 0.05) is 30.1 Å². The summed E-state index contributed by atoms with van der Waals surface area (Å²) in [5.74, 6) is -0.768. The van der Waals surface area contributed by atoms with Gasteiger partial charge in [-0.15, -0.1) is 5.10 Å². The SMILES string of the molecule is COc1ccc(S(=O)(=O)N(c2ccc(Cl)cc2Cc2c(F)cccc2F)C(C)c2nnnn2C)cc1OC. The van der Waals surface area contributed by atoms with E-state index in [-0.39, 0.29) is 44.7 Å². The average molecular weight is 564 g/mol. The molecule has 0 saturated heterocycles. The van der Waals surface area contributed by atoms with Crippen molar-refractivity contribution in [2.24, 2.45) is 7.05 Å². The summed E-state index contributed by atoms with van der Waals surface area (Å²) in [4.78, 5) is -0.116. The van der Waals surface area contributed by atoms with Gasteiger partial charge in [0.2, 0.25) is 0 Å². The van der Waals surface area contributed by atoms with Crippen LogP contribution in [0.25, 0.3) is 0 Å². The van der Waals surface area contributed by atoms with Crippen LogP contribution in [0.2, 0.25) is 5.02 Å². The lowest BCUT2D eigenvalue weighted by molar-refractivity contribution is 0.354. The van der Waals surface area contributed by atoms with Crippen LogP contribution in [0.1, 0.15) is 29.9 Å². The van der Waals surface area contributed by atoms with Crippen molar-refractivity contribution in [2.45, 2.75) is 24.3 Å². The second-order valence-corrected chi connectivity index (χ2v) is 10.6. The molecule has 3 aromatic carbocycles. The smallest absolute Gasteiger partial charge is 0.265 e. The highest BCUT2D eigenvalue weighted by Crippen LogP contribution is 2.39. The van der Waals surface area contributed by atoms with Gasteiger partial charge in [0.15, 0.2) is 17.3 Å².